The van der Waals surface area contributed by atoms with E-state index in [4.69, 9.17) is 19.8 Å². The standard InChI is InChI=1S/C28H32FN5O4S/c1-19-18-38-16-14-34(19)25-17-24(28(11-12-28)39(37)23-9-5-21(29)6-10-23)32-26(33-25)20-3-7-22(8-4-20)31-27(36)30-13-2-15-35/h3-10,17,19,35H,2,11-16,18H2,1H3,(H2,30,31,36)/t19-,39?/m0/s1. The number of nitrogens with one attached hydrogen (secondary N) is 2. The van der Waals surface area contributed by atoms with Crippen LogP contribution in [0.5, 0.6) is 0 Å². The first-order chi connectivity index (χ1) is 18.9. The molecule has 1 saturated heterocycles. The van der Waals surface area contributed by atoms with E-state index in [2.05, 4.69) is 22.5 Å². The summed E-state index contributed by atoms with van der Waals surface area (Å²) in [5, 5.41) is 14.3. The van der Waals surface area contributed by atoms with E-state index in [0.29, 0.717) is 67.7 Å². The number of aliphatic hydroxyl groups excluding tert-OH is 1. The quantitative estimate of drug-likeness (QED) is 0.345. The molecule has 2 aliphatic rings. The lowest BCUT2D eigenvalue weighted by molar-refractivity contribution is 0.0985. The van der Waals surface area contributed by atoms with Gasteiger partial charge in [-0.25, -0.2) is 19.2 Å². The molecule has 3 N–H and O–H groups in total. The normalized spacial score (nSPS) is 18.8. The Labute approximate surface area is 229 Å². The summed E-state index contributed by atoms with van der Waals surface area (Å²) in [6.45, 7) is 4.33. The smallest absolute Gasteiger partial charge is 0.319 e. The Morgan fingerprint density at radius 3 is 2.59 bits per heavy atom. The van der Waals surface area contributed by atoms with Gasteiger partial charge in [0.25, 0.3) is 0 Å². The lowest BCUT2D eigenvalue weighted by atomic mass is 10.1. The van der Waals surface area contributed by atoms with Crippen LogP contribution in [-0.2, 0) is 20.3 Å². The van der Waals surface area contributed by atoms with Crippen LogP contribution < -0.4 is 15.5 Å². The Hall–Kier alpha value is -3.41. The highest BCUT2D eigenvalue weighted by atomic mass is 32.2. The van der Waals surface area contributed by atoms with Gasteiger partial charge in [0.05, 0.1) is 40.5 Å². The summed E-state index contributed by atoms with van der Waals surface area (Å²) in [5.74, 6) is 0.884. The van der Waals surface area contributed by atoms with Crippen molar-refractivity contribution in [2.75, 3.05) is 43.1 Å². The van der Waals surface area contributed by atoms with Gasteiger partial charge in [0.2, 0.25) is 0 Å². The number of ether oxygens (including phenoxy) is 1. The van der Waals surface area contributed by atoms with Crippen molar-refractivity contribution in [3.8, 4) is 11.4 Å². The van der Waals surface area contributed by atoms with Gasteiger partial charge in [-0.3, -0.25) is 4.21 Å². The third-order valence-electron chi connectivity index (χ3n) is 6.95. The number of rotatable bonds is 9. The van der Waals surface area contributed by atoms with Crippen LogP contribution in [-0.4, -0.2) is 64.3 Å². The van der Waals surface area contributed by atoms with Crippen molar-refractivity contribution in [2.45, 2.75) is 41.9 Å². The zero-order valence-corrected chi connectivity index (χ0v) is 22.5. The van der Waals surface area contributed by atoms with Gasteiger partial charge in [0.15, 0.2) is 5.82 Å². The van der Waals surface area contributed by atoms with Crippen molar-refractivity contribution >= 4 is 28.3 Å². The minimum absolute atomic E-state index is 0.0119. The number of aromatic nitrogens is 2. The summed E-state index contributed by atoms with van der Waals surface area (Å²) in [7, 11) is -1.41. The number of anilines is 2. The van der Waals surface area contributed by atoms with Gasteiger partial charge < -0.3 is 25.4 Å². The molecule has 2 fully saturated rings. The zero-order valence-electron chi connectivity index (χ0n) is 21.7. The molecule has 0 radical (unpaired) electrons. The van der Waals surface area contributed by atoms with Gasteiger partial charge in [-0.2, -0.15) is 0 Å². The second-order valence-corrected chi connectivity index (χ2v) is 11.6. The predicted octanol–water partition coefficient (Wildman–Crippen LogP) is 3.81. The average Bonchev–Trinajstić information content (AvgIpc) is 3.76. The van der Waals surface area contributed by atoms with Crippen LogP contribution in [0.2, 0.25) is 0 Å². The largest absolute Gasteiger partial charge is 0.396 e. The molecule has 2 amide bonds. The van der Waals surface area contributed by atoms with Crippen molar-refractivity contribution < 1.29 is 23.2 Å². The highest BCUT2D eigenvalue weighted by Gasteiger charge is 2.52. The summed E-state index contributed by atoms with van der Waals surface area (Å²) in [4.78, 5) is 24.6. The van der Waals surface area contributed by atoms with Gasteiger partial charge >= 0.3 is 6.03 Å². The van der Waals surface area contributed by atoms with E-state index in [1.165, 1.54) is 12.1 Å². The number of hydrogen-bond donors (Lipinski definition) is 3. The molecule has 5 rings (SSSR count). The molecule has 1 aromatic heterocycles. The van der Waals surface area contributed by atoms with Crippen molar-refractivity contribution in [2.24, 2.45) is 0 Å². The van der Waals surface area contributed by atoms with E-state index < -0.39 is 15.5 Å². The number of urea groups is 1. The minimum atomic E-state index is -1.41. The van der Waals surface area contributed by atoms with Crippen molar-refractivity contribution in [3.05, 3.63) is 66.1 Å². The maximum absolute atomic E-state index is 13.7. The monoisotopic (exact) mass is 553 g/mol. The van der Waals surface area contributed by atoms with Crippen LogP contribution in [0.1, 0.15) is 31.9 Å². The first-order valence-corrected chi connectivity index (χ1v) is 14.2. The molecule has 0 spiro atoms. The number of morpholine rings is 1. The molecule has 1 aliphatic carbocycles. The SMILES string of the molecule is C[C@H]1COCCN1c1cc(C2(S(=O)c3ccc(F)cc3)CC2)nc(-c2ccc(NC(=O)NCCCO)cc2)n1. The van der Waals surface area contributed by atoms with Gasteiger partial charge in [0, 0.05) is 41.9 Å². The molecule has 9 nitrogen and oxygen atoms in total. The number of nitrogens with zero attached hydrogens (tertiary/aromatic N) is 3. The Morgan fingerprint density at radius 1 is 1.18 bits per heavy atom. The number of carbonyl (C=O) groups excluding carboxylic acids is 1. The highest BCUT2D eigenvalue weighted by Crippen LogP contribution is 2.53. The van der Waals surface area contributed by atoms with E-state index in [1.54, 1.807) is 24.3 Å². The molecule has 1 aliphatic heterocycles. The topological polar surface area (TPSA) is 117 Å². The number of halogens is 1. The van der Waals surface area contributed by atoms with Crippen molar-refractivity contribution in [1.29, 1.82) is 0 Å². The summed E-state index contributed by atoms with van der Waals surface area (Å²) in [6.07, 6.45) is 1.90. The number of amides is 2. The lowest BCUT2D eigenvalue weighted by Crippen LogP contribution is -2.44. The molecule has 206 valence electrons. The molecule has 2 atom stereocenters. The predicted molar refractivity (Wildman–Crippen MR) is 148 cm³/mol. The van der Waals surface area contributed by atoms with Crippen LogP contribution in [0.3, 0.4) is 0 Å². The molecule has 1 saturated carbocycles. The number of carbonyl (C=O) groups is 1. The minimum Gasteiger partial charge on any atom is -0.396 e. The molecule has 0 bridgehead atoms. The van der Waals surface area contributed by atoms with Gasteiger partial charge in [-0.1, -0.05) is 0 Å². The summed E-state index contributed by atoms with van der Waals surface area (Å²) in [6, 6.07) is 14.7. The summed E-state index contributed by atoms with van der Waals surface area (Å²) >= 11 is 0. The number of aliphatic hydroxyl groups is 1. The first-order valence-electron chi connectivity index (χ1n) is 13.1. The lowest BCUT2D eigenvalue weighted by Gasteiger charge is -2.34. The van der Waals surface area contributed by atoms with Crippen LogP contribution in [0.4, 0.5) is 20.7 Å². The van der Waals surface area contributed by atoms with Crippen molar-refractivity contribution in [1.82, 2.24) is 15.3 Å². The Morgan fingerprint density at radius 2 is 1.92 bits per heavy atom. The van der Waals surface area contributed by atoms with Gasteiger partial charge in [-0.15, -0.1) is 0 Å². The van der Waals surface area contributed by atoms with E-state index in [1.807, 2.05) is 18.2 Å². The van der Waals surface area contributed by atoms with E-state index >= 15 is 0 Å². The fraction of sp³-hybridized carbons (Fsp3) is 0.393. The van der Waals surface area contributed by atoms with Gasteiger partial charge in [-0.05, 0) is 74.7 Å². The van der Waals surface area contributed by atoms with Gasteiger partial charge in [0.1, 0.15) is 11.6 Å². The highest BCUT2D eigenvalue weighted by molar-refractivity contribution is 7.86. The van der Waals surface area contributed by atoms with Crippen LogP contribution in [0.15, 0.2) is 59.5 Å². The first kappa shape index (κ1) is 27.2. The molecular formula is C28H32FN5O4S. The maximum atomic E-state index is 13.7. The summed E-state index contributed by atoms with van der Waals surface area (Å²) < 4.78 is 32.2. The number of hydrogen-bond acceptors (Lipinski definition) is 7. The van der Waals surface area contributed by atoms with Crippen LogP contribution in [0, 0.1) is 5.82 Å². The zero-order chi connectivity index (χ0) is 27.4. The summed E-state index contributed by atoms with van der Waals surface area (Å²) in [5.41, 5.74) is 2.07. The molecule has 1 unspecified atom stereocenters. The Balaban J connectivity index is 1.46. The molecule has 2 aromatic carbocycles. The Kier molecular flexibility index (Phi) is 8.20. The molecule has 11 heteroatoms. The third-order valence-corrected chi connectivity index (χ3v) is 8.98. The molecular weight excluding hydrogens is 521 g/mol. The van der Waals surface area contributed by atoms with Crippen LogP contribution in [0.25, 0.3) is 11.4 Å². The third kappa shape index (κ3) is 6.10. The molecule has 39 heavy (non-hydrogen) atoms. The molecule has 3 aromatic rings. The Bertz CT molecular complexity index is 1330. The van der Waals surface area contributed by atoms with E-state index in [0.717, 1.165) is 11.4 Å². The van der Waals surface area contributed by atoms with E-state index in [9.17, 15) is 13.4 Å². The fourth-order valence-corrected chi connectivity index (χ4v) is 6.21. The second-order valence-electron chi connectivity index (χ2n) is 9.80. The van der Waals surface area contributed by atoms with E-state index in [-0.39, 0.29) is 24.5 Å². The van der Waals surface area contributed by atoms with Crippen LogP contribution >= 0.6 is 0 Å². The average molecular weight is 554 g/mol. The molecule has 2 heterocycles. The van der Waals surface area contributed by atoms with Crippen molar-refractivity contribution in [3.63, 3.8) is 0 Å². The maximum Gasteiger partial charge on any atom is 0.319 e. The fourth-order valence-electron chi connectivity index (χ4n) is 4.60. The second kappa shape index (κ2) is 11.8. The number of benzene rings is 2.